The zero-order chi connectivity index (χ0) is 24.1. The minimum Gasteiger partial charge on any atom is -0.336 e. The maximum atomic E-state index is 13.9. The van der Waals surface area contributed by atoms with Gasteiger partial charge in [0.25, 0.3) is 11.5 Å². The molecule has 0 N–H and O–H groups in total. The number of likely N-dealkylation sites (tertiary alicyclic amines) is 1. The Kier molecular flexibility index (Phi) is 5.46. The minimum absolute atomic E-state index is 0.0212. The van der Waals surface area contributed by atoms with E-state index < -0.39 is 0 Å². The first-order valence-electron chi connectivity index (χ1n) is 11.4. The highest BCUT2D eigenvalue weighted by Gasteiger charge is 2.38. The van der Waals surface area contributed by atoms with Crippen molar-refractivity contribution in [3.05, 3.63) is 98.5 Å². The Labute approximate surface area is 211 Å². The van der Waals surface area contributed by atoms with Gasteiger partial charge < -0.3 is 9.47 Å². The smallest absolute Gasteiger partial charge is 0.276 e. The zero-order valence-corrected chi connectivity index (χ0v) is 20.2. The van der Waals surface area contributed by atoms with E-state index in [1.807, 2.05) is 39.8 Å². The second kappa shape index (κ2) is 8.66. The van der Waals surface area contributed by atoms with Gasteiger partial charge in [-0.05, 0) is 54.8 Å². The van der Waals surface area contributed by atoms with E-state index in [0.717, 1.165) is 23.4 Å². The number of aromatic nitrogens is 4. The molecule has 1 amide bonds. The molecule has 1 fully saturated rings. The maximum absolute atomic E-state index is 13.9. The molecule has 2 aliphatic rings. The van der Waals surface area contributed by atoms with Crippen LogP contribution in [0.2, 0.25) is 10.0 Å². The van der Waals surface area contributed by atoms with Crippen molar-refractivity contribution in [1.29, 1.82) is 0 Å². The van der Waals surface area contributed by atoms with Crippen LogP contribution in [0.4, 0.5) is 0 Å². The first kappa shape index (κ1) is 22.1. The van der Waals surface area contributed by atoms with E-state index in [4.69, 9.17) is 23.2 Å². The number of carbonyl (C=O) groups excluding carboxylic acids is 1. The Morgan fingerprint density at radius 2 is 1.60 bits per heavy atom. The fourth-order valence-electron chi connectivity index (χ4n) is 5.27. The number of halogens is 2. The molecular formula is C26H21Cl2N5O2. The zero-order valence-electron chi connectivity index (χ0n) is 18.6. The van der Waals surface area contributed by atoms with Gasteiger partial charge in [-0.2, -0.15) is 0 Å². The number of hydrogen-bond donors (Lipinski definition) is 0. The van der Waals surface area contributed by atoms with Crippen molar-refractivity contribution in [2.45, 2.75) is 18.9 Å². The first-order chi connectivity index (χ1) is 17.0. The topological polar surface area (TPSA) is 73.0 Å². The van der Waals surface area contributed by atoms with E-state index in [1.165, 1.54) is 0 Å². The van der Waals surface area contributed by atoms with Gasteiger partial charge in [0.05, 0.1) is 5.69 Å². The van der Waals surface area contributed by atoms with E-state index in [2.05, 4.69) is 10.3 Å². The van der Waals surface area contributed by atoms with Crippen molar-refractivity contribution >= 4 is 29.1 Å². The lowest BCUT2D eigenvalue weighted by molar-refractivity contribution is 0.0589. The molecule has 4 aromatic rings. The Balaban J connectivity index is 1.40. The molecule has 1 saturated heterocycles. The molecule has 0 saturated carbocycles. The van der Waals surface area contributed by atoms with Crippen LogP contribution in [0, 0.1) is 5.92 Å². The molecule has 0 aliphatic carbocycles. The SMILES string of the molecule is O=C(c1nnn(-c2ccc(Cl)cc2)c1-c1ccc(Cl)cc1)N1C[C@H]2C[C@@H](C1)c1cccc(=O)n1C2. The predicted molar refractivity (Wildman–Crippen MR) is 134 cm³/mol. The van der Waals surface area contributed by atoms with Gasteiger partial charge in [0, 0.05) is 52.9 Å². The number of rotatable bonds is 3. The molecule has 176 valence electrons. The normalized spacial score (nSPS) is 18.9. The summed E-state index contributed by atoms with van der Waals surface area (Å²) in [7, 11) is 0. The maximum Gasteiger partial charge on any atom is 0.276 e. The van der Waals surface area contributed by atoms with Crippen LogP contribution < -0.4 is 5.56 Å². The molecule has 4 heterocycles. The monoisotopic (exact) mass is 505 g/mol. The number of nitrogens with zero attached hydrogens (tertiary/aromatic N) is 5. The highest BCUT2D eigenvalue weighted by atomic mass is 35.5. The molecule has 7 nitrogen and oxygen atoms in total. The second-order valence-corrected chi connectivity index (χ2v) is 9.96. The average Bonchev–Trinajstić information content (AvgIpc) is 3.30. The van der Waals surface area contributed by atoms with Gasteiger partial charge in [-0.25, -0.2) is 4.68 Å². The number of fused-ring (bicyclic) bond motifs is 4. The van der Waals surface area contributed by atoms with Crippen molar-refractivity contribution in [3.63, 3.8) is 0 Å². The Hall–Kier alpha value is -3.42. The highest BCUT2D eigenvalue weighted by Crippen LogP contribution is 2.36. The summed E-state index contributed by atoms with van der Waals surface area (Å²) < 4.78 is 3.52. The Morgan fingerprint density at radius 3 is 2.34 bits per heavy atom. The third-order valence-electron chi connectivity index (χ3n) is 6.83. The van der Waals surface area contributed by atoms with E-state index in [9.17, 15) is 9.59 Å². The molecule has 2 aromatic heterocycles. The Bertz CT molecular complexity index is 1480. The van der Waals surface area contributed by atoms with Gasteiger partial charge in [-0.15, -0.1) is 5.10 Å². The van der Waals surface area contributed by atoms with Crippen LogP contribution in [-0.2, 0) is 6.54 Å². The predicted octanol–water partition coefficient (Wildman–Crippen LogP) is 4.66. The summed E-state index contributed by atoms with van der Waals surface area (Å²) in [6, 6.07) is 19.9. The van der Waals surface area contributed by atoms with Crippen molar-refractivity contribution in [2.24, 2.45) is 5.92 Å². The number of carbonyl (C=O) groups is 1. The quantitative estimate of drug-likeness (QED) is 0.405. The summed E-state index contributed by atoms with van der Waals surface area (Å²) in [4.78, 5) is 28.1. The number of amides is 1. The summed E-state index contributed by atoms with van der Waals surface area (Å²) in [6.45, 7) is 1.73. The fourth-order valence-corrected chi connectivity index (χ4v) is 5.52. The summed E-state index contributed by atoms with van der Waals surface area (Å²) in [5.74, 6) is 0.165. The Morgan fingerprint density at radius 1 is 0.886 bits per heavy atom. The molecule has 0 radical (unpaired) electrons. The summed E-state index contributed by atoms with van der Waals surface area (Å²) >= 11 is 12.2. The van der Waals surface area contributed by atoms with Crippen LogP contribution in [0.15, 0.2) is 71.5 Å². The molecule has 9 heteroatoms. The lowest BCUT2D eigenvalue weighted by atomic mass is 9.83. The van der Waals surface area contributed by atoms with Gasteiger partial charge in [-0.3, -0.25) is 9.59 Å². The van der Waals surface area contributed by atoms with Crippen molar-refractivity contribution in [3.8, 4) is 16.9 Å². The number of benzene rings is 2. The fraction of sp³-hybridized carbons (Fsp3) is 0.231. The molecule has 2 aromatic carbocycles. The van der Waals surface area contributed by atoms with E-state index in [-0.39, 0.29) is 29.0 Å². The number of hydrogen-bond acceptors (Lipinski definition) is 4. The van der Waals surface area contributed by atoms with Crippen LogP contribution in [0.25, 0.3) is 16.9 Å². The highest BCUT2D eigenvalue weighted by molar-refractivity contribution is 6.30. The van der Waals surface area contributed by atoms with Gasteiger partial charge in [0.2, 0.25) is 0 Å². The molecule has 2 atom stereocenters. The molecule has 35 heavy (non-hydrogen) atoms. The summed E-state index contributed by atoms with van der Waals surface area (Å²) in [5, 5.41) is 9.90. The molecule has 2 aliphatic heterocycles. The summed E-state index contributed by atoms with van der Waals surface area (Å²) in [5.41, 5.74) is 3.43. The number of piperidine rings is 1. The molecular weight excluding hydrogens is 485 g/mol. The average molecular weight is 506 g/mol. The molecule has 0 unspecified atom stereocenters. The number of pyridine rings is 1. The van der Waals surface area contributed by atoms with Crippen LogP contribution in [0.3, 0.4) is 0 Å². The van der Waals surface area contributed by atoms with Crippen LogP contribution in [0.1, 0.15) is 28.5 Å². The lowest BCUT2D eigenvalue weighted by Crippen LogP contribution is -2.49. The van der Waals surface area contributed by atoms with E-state index >= 15 is 0 Å². The largest absolute Gasteiger partial charge is 0.336 e. The first-order valence-corrected chi connectivity index (χ1v) is 12.2. The summed E-state index contributed by atoms with van der Waals surface area (Å²) in [6.07, 6.45) is 0.967. The molecule has 6 rings (SSSR count). The van der Waals surface area contributed by atoms with Crippen molar-refractivity contribution in [2.75, 3.05) is 13.1 Å². The van der Waals surface area contributed by atoms with Gasteiger partial charge in [-0.1, -0.05) is 46.6 Å². The standard InChI is InChI=1S/C26H21Cl2N5O2/c27-19-6-4-17(5-7-19)25-24(29-30-33(25)21-10-8-20(28)9-11-21)26(35)31-13-16-12-18(15-31)22-2-1-3-23(34)32(22)14-16/h1-11,16,18H,12-15H2/t16-,18+/m1/s1. The molecule has 0 spiro atoms. The second-order valence-electron chi connectivity index (χ2n) is 9.09. The third kappa shape index (κ3) is 3.94. The van der Waals surface area contributed by atoms with Crippen LogP contribution >= 0.6 is 23.2 Å². The minimum atomic E-state index is -0.170. The van der Waals surface area contributed by atoms with Crippen LogP contribution in [0.5, 0.6) is 0 Å². The van der Waals surface area contributed by atoms with Gasteiger partial charge in [0.15, 0.2) is 5.69 Å². The van der Waals surface area contributed by atoms with Crippen molar-refractivity contribution in [1.82, 2.24) is 24.5 Å². The third-order valence-corrected chi connectivity index (χ3v) is 7.33. The lowest BCUT2D eigenvalue weighted by Gasteiger charge is -2.42. The van der Waals surface area contributed by atoms with Crippen LogP contribution in [-0.4, -0.2) is 43.5 Å². The van der Waals surface area contributed by atoms with E-state index in [0.29, 0.717) is 35.4 Å². The van der Waals surface area contributed by atoms with Gasteiger partial charge >= 0.3 is 0 Å². The van der Waals surface area contributed by atoms with Crippen molar-refractivity contribution < 1.29 is 4.79 Å². The van der Waals surface area contributed by atoms with E-state index in [1.54, 1.807) is 41.1 Å². The molecule has 2 bridgehead atoms. The van der Waals surface area contributed by atoms with Gasteiger partial charge in [0.1, 0.15) is 5.69 Å².